The second-order valence-corrected chi connectivity index (χ2v) is 1.02. The molecule has 0 spiro atoms. The van der Waals surface area contributed by atoms with Gasteiger partial charge in [0.25, 0.3) is 0 Å². The van der Waals surface area contributed by atoms with E-state index in [2.05, 4.69) is 14.4 Å². The summed E-state index contributed by atoms with van der Waals surface area (Å²) in [6.07, 6.45) is -4.42. The summed E-state index contributed by atoms with van der Waals surface area (Å²) in [4.78, 5) is 0. The van der Waals surface area contributed by atoms with Crippen LogP contribution in [0.3, 0.4) is 0 Å². The standard InChI is InChI=1S/C3H2BF3/c1-2(4)3(5,6)7/h1H2/q-1. The first-order valence-electron chi connectivity index (χ1n) is 1.46. The highest BCUT2D eigenvalue weighted by atomic mass is 19.4. The molecule has 0 aromatic carbocycles. The average Bonchev–Trinajstić information content (AvgIpc) is 1.31. The molecular formula is C3H2BF3-. The molecule has 0 aliphatic rings. The van der Waals surface area contributed by atoms with E-state index in [1.165, 1.54) is 0 Å². The summed E-state index contributed by atoms with van der Waals surface area (Å²) >= 11 is 0. The van der Waals surface area contributed by atoms with Gasteiger partial charge < -0.3 is 7.85 Å². The van der Waals surface area contributed by atoms with Gasteiger partial charge in [-0.15, -0.1) is 6.58 Å². The number of alkyl halides is 3. The molecule has 39 valence electrons. The monoisotopic (exact) mass is 106 g/mol. The Morgan fingerprint density at radius 3 is 1.57 bits per heavy atom. The van der Waals surface area contributed by atoms with Gasteiger partial charge in [0.15, 0.2) is 0 Å². The first-order valence-corrected chi connectivity index (χ1v) is 1.46. The molecule has 0 fully saturated rings. The van der Waals surface area contributed by atoms with Crippen molar-refractivity contribution >= 4 is 7.85 Å². The molecule has 0 N–H and O–H groups in total. The molecule has 0 bridgehead atoms. The van der Waals surface area contributed by atoms with Crippen molar-refractivity contribution in [3.8, 4) is 0 Å². The van der Waals surface area contributed by atoms with Crippen LogP contribution in [0.5, 0.6) is 0 Å². The Morgan fingerprint density at radius 1 is 1.43 bits per heavy atom. The lowest BCUT2D eigenvalue weighted by molar-refractivity contribution is -0.0842. The minimum Gasteiger partial charge on any atom is -0.575 e. The SMILES string of the molecule is [B-]C(=C)C(F)(F)F. The lowest BCUT2D eigenvalue weighted by atomic mass is 9.98. The van der Waals surface area contributed by atoms with Crippen LogP contribution in [0, 0.1) is 0 Å². The van der Waals surface area contributed by atoms with Gasteiger partial charge >= 0.3 is 6.18 Å². The van der Waals surface area contributed by atoms with Crippen LogP contribution in [0.2, 0.25) is 0 Å². The van der Waals surface area contributed by atoms with E-state index in [1.807, 2.05) is 0 Å². The second-order valence-electron chi connectivity index (χ2n) is 1.02. The fourth-order valence-corrected chi connectivity index (χ4v) is 0. The Morgan fingerprint density at radius 2 is 1.57 bits per heavy atom. The van der Waals surface area contributed by atoms with Gasteiger partial charge in [0.05, 0.1) is 0 Å². The molecule has 0 aliphatic carbocycles. The van der Waals surface area contributed by atoms with E-state index in [4.69, 9.17) is 0 Å². The smallest absolute Gasteiger partial charge is 0.370 e. The van der Waals surface area contributed by atoms with E-state index < -0.39 is 11.6 Å². The molecule has 0 atom stereocenters. The minimum absolute atomic E-state index is 1.26. The van der Waals surface area contributed by atoms with Crippen LogP contribution in [0.1, 0.15) is 0 Å². The molecule has 0 aromatic rings. The Hall–Kier alpha value is -0.405. The Balaban J connectivity index is 3.79. The van der Waals surface area contributed by atoms with Crippen molar-refractivity contribution in [1.29, 1.82) is 0 Å². The van der Waals surface area contributed by atoms with Crippen molar-refractivity contribution in [2.75, 3.05) is 0 Å². The second kappa shape index (κ2) is 1.60. The summed E-state index contributed by atoms with van der Waals surface area (Å²) < 4.78 is 32.9. The molecule has 0 aromatic heterocycles. The summed E-state index contributed by atoms with van der Waals surface area (Å²) in [5.41, 5.74) is -1.26. The molecule has 0 unspecified atom stereocenters. The molecule has 4 heteroatoms. The first kappa shape index (κ1) is 6.59. The van der Waals surface area contributed by atoms with Crippen LogP contribution in [-0.4, -0.2) is 14.0 Å². The molecule has 0 rings (SSSR count). The summed E-state index contributed by atoms with van der Waals surface area (Å²) in [5.74, 6) is 0. The van der Waals surface area contributed by atoms with Gasteiger partial charge in [-0.3, -0.25) is 0 Å². The van der Waals surface area contributed by atoms with E-state index in [9.17, 15) is 13.2 Å². The maximum absolute atomic E-state index is 11.0. The van der Waals surface area contributed by atoms with E-state index in [-0.39, 0.29) is 0 Å². The van der Waals surface area contributed by atoms with Gasteiger partial charge in [0.1, 0.15) is 0 Å². The van der Waals surface area contributed by atoms with Crippen molar-refractivity contribution in [2.45, 2.75) is 6.18 Å². The molecule has 7 heavy (non-hydrogen) atoms. The zero-order chi connectivity index (χ0) is 6.08. The predicted molar refractivity (Wildman–Crippen MR) is 20.9 cm³/mol. The van der Waals surface area contributed by atoms with E-state index in [0.717, 1.165) is 0 Å². The fourth-order valence-electron chi connectivity index (χ4n) is 0. The highest BCUT2D eigenvalue weighted by Gasteiger charge is 2.19. The Labute approximate surface area is 40.4 Å². The number of halogens is 3. The first-order chi connectivity index (χ1) is 2.94. The number of rotatable bonds is 0. The number of hydrogen-bond acceptors (Lipinski definition) is 0. The van der Waals surface area contributed by atoms with E-state index >= 15 is 0 Å². The molecule has 0 saturated heterocycles. The van der Waals surface area contributed by atoms with Gasteiger partial charge in [-0.2, -0.15) is 13.2 Å². The molecule has 0 heterocycles. The maximum atomic E-state index is 11.0. The van der Waals surface area contributed by atoms with Crippen molar-refractivity contribution < 1.29 is 13.2 Å². The largest absolute Gasteiger partial charge is 0.575 e. The average molecular weight is 106 g/mol. The van der Waals surface area contributed by atoms with Gasteiger partial charge in [-0.25, -0.2) is 5.47 Å². The van der Waals surface area contributed by atoms with Crippen LogP contribution in [-0.2, 0) is 0 Å². The van der Waals surface area contributed by atoms with Crippen molar-refractivity contribution in [1.82, 2.24) is 0 Å². The summed E-state index contributed by atoms with van der Waals surface area (Å²) in [7, 11) is 4.25. The third-order valence-electron chi connectivity index (χ3n) is 0.364. The van der Waals surface area contributed by atoms with Gasteiger partial charge in [0, 0.05) is 0 Å². The summed E-state index contributed by atoms with van der Waals surface area (Å²) in [6.45, 7) is 2.48. The lowest BCUT2D eigenvalue weighted by Crippen LogP contribution is -2.09. The van der Waals surface area contributed by atoms with Crippen LogP contribution < -0.4 is 0 Å². The van der Waals surface area contributed by atoms with Gasteiger partial charge in [0.2, 0.25) is 0 Å². The summed E-state index contributed by atoms with van der Waals surface area (Å²) in [6, 6.07) is 0. The number of hydrogen-bond donors (Lipinski definition) is 0. The molecule has 0 amide bonds. The van der Waals surface area contributed by atoms with Crippen LogP contribution in [0.25, 0.3) is 0 Å². The zero-order valence-electron chi connectivity index (χ0n) is 3.42. The lowest BCUT2D eigenvalue weighted by Gasteiger charge is -2.14. The molecule has 0 saturated carbocycles. The maximum Gasteiger partial charge on any atom is 0.370 e. The Bertz CT molecular complexity index is 82.7. The quantitative estimate of drug-likeness (QED) is 0.407. The zero-order valence-corrected chi connectivity index (χ0v) is 3.42. The van der Waals surface area contributed by atoms with Crippen LogP contribution in [0.15, 0.2) is 12.1 Å². The van der Waals surface area contributed by atoms with Crippen LogP contribution >= 0.6 is 0 Å². The number of allylic oxidation sites excluding steroid dienone is 1. The highest BCUT2D eigenvalue weighted by molar-refractivity contribution is 6.22. The topological polar surface area (TPSA) is 0 Å². The minimum atomic E-state index is -4.42. The van der Waals surface area contributed by atoms with Crippen molar-refractivity contribution in [3.63, 3.8) is 0 Å². The fraction of sp³-hybridized carbons (Fsp3) is 0.333. The summed E-state index contributed by atoms with van der Waals surface area (Å²) in [5, 5.41) is 0. The third kappa shape index (κ3) is 2.31. The van der Waals surface area contributed by atoms with Crippen LogP contribution in [0.4, 0.5) is 13.2 Å². The van der Waals surface area contributed by atoms with Gasteiger partial charge in [-0.05, 0) is 0 Å². The highest BCUT2D eigenvalue weighted by Crippen LogP contribution is 2.20. The normalized spacial score (nSPS) is 11.4. The Kier molecular flexibility index (Phi) is 1.51. The molecular weight excluding hydrogens is 104 g/mol. The van der Waals surface area contributed by atoms with Crippen molar-refractivity contribution in [2.24, 2.45) is 0 Å². The molecule has 0 nitrogen and oxygen atoms in total. The van der Waals surface area contributed by atoms with Gasteiger partial charge in [-0.1, -0.05) is 0 Å². The third-order valence-corrected chi connectivity index (χ3v) is 0.364. The molecule has 0 aliphatic heterocycles. The molecule has 3 radical (unpaired) electrons. The van der Waals surface area contributed by atoms with Crippen molar-refractivity contribution in [3.05, 3.63) is 12.1 Å². The van der Waals surface area contributed by atoms with E-state index in [1.54, 1.807) is 0 Å². The predicted octanol–water partition coefficient (Wildman–Crippen LogP) is 1.23. The van der Waals surface area contributed by atoms with E-state index in [0.29, 0.717) is 0 Å².